The number of nitrogens with zero attached hydrogens (tertiary/aromatic N) is 1. The van der Waals surface area contributed by atoms with Crippen LogP contribution in [0.5, 0.6) is 5.75 Å². The summed E-state index contributed by atoms with van der Waals surface area (Å²) in [6.45, 7) is 4.94. The molecule has 0 saturated heterocycles. The second-order valence-electron chi connectivity index (χ2n) is 8.17. The number of hydrogen-bond acceptors (Lipinski definition) is 4. The Balaban J connectivity index is 2.01. The molecule has 6 heteroatoms. The van der Waals surface area contributed by atoms with E-state index in [0.717, 1.165) is 17.7 Å². The number of likely N-dealkylation sites (N-methyl/N-ethyl adjacent to an activating group) is 1. The highest BCUT2D eigenvalue weighted by atomic mass is 16.3. The van der Waals surface area contributed by atoms with Gasteiger partial charge in [0.2, 0.25) is 0 Å². The predicted octanol–water partition coefficient (Wildman–Crippen LogP) is 3.72. The molecule has 0 bridgehead atoms. The Morgan fingerprint density at radius 2 is 1.73 bits per heavy atom. The smallest absolute Gasteiger partial charge is 0.261 e. The standard InChI is InChI=1S/C24H25N3O3/c1-13-11-18(28)19(16-7-5-15(6-8-16)14(2)12-27(3)4)20-17-9-10-25-23(29)21(17)24(30)26-22(13)20/h5-11,14,28H,12H2,1-4H3,(H,25,29)(H,26,30). The van der Waals surface area contributed by atoms with E-state index in [1.807, 2.05) is 19.1 Å². The molecule has 0 aliphatic heterocycles. The monoisotopic (exact) mass is 403 g/mol. The quantitative estimate of drug-likeness (QED) is 0.453. The summed E-state index contributed by atoms with van der Waals surface area (Å²) in [5.74, 6) is 0.482. The van der Waals surface area contributed by atoms with E-state index in [-0.39, 0.29) is 11.1 Å². The zero-order valence-corrected chi connectivity index (χ0v) is 17.5. The third-order valence-corrected chi connectivity index (χ3v) is 5.61. The summed E-state index contributed by atoms with van der Waals surface area (Å²) in [4.78, 5) is 32.4. The van der Waals surface area contributed by atoms with Crippen molar-refractivity contribution < 1.29 is 5.11 Å². The molecular weight excluding hydrogens is 378 g/mol. The number of nitrogens with one attached hydrogen (secondary N) is 2. The molecule has 0 aliphatic rings. The Morgan fingerprint density at radius 3 is 2.40 bits per heavy atom. The summed E-state index contributed by atoms with van der Waals surface area (Å²) in [6.07, 6.45) is 1.53. The maximum Gasteiger partial charge on any atom is 0.261 e. The fourth-order valence-electron chi connectivity index (χ4n) is 4.24. The number of fused-ring (bicyclic) bond motifs is 3. The number of pyridine rings is 2. The fraction of sp³-hybridized carbons (Fsp3) is 0.250. The molecule has 0 radical (unpaired) electrons. The van der Waals surface area contributed by atoms with E-state index in [4.69, 9.17) is 0 Å². The lowest BCUT2D eigenvalue weighted by Crippen LogP contribution is -2.18. The van der Waals surface area contributed by atoms with Gasteiger partial charge < -0.3 is 20.0 Å². The summed E-state index contributed by atoms with van der Waals surface area (Å²) in [5.41, 5.74) is 3.11. The van der Waals surface area contributed by atoms with Crippen molar-refractivity contribution in [2.75, 3.05) is 20.6 Å². The van der Waals surface area contributed by atoms with Crippen molar-refractivity contribution in [3.63, 3.8) is 0 Å². The van der Waals surface area contributed by atoms with E-state index in [9.17, 15) is 14.7 Å². The first-order valence-corrected chi connectivity index (χ1v) is 9.93. The molecule has 2 aromatic heterocycles. The zero-order valence-electron chi connectivity index (χ0n) is 17.5. The predicted molar refractivity (Wildman–Crippen MR) is 122 cm³/mol. The van der Waals surface area contributed by atoms with Gasteiger partial charge in [-0.2, -0.15) is 0 Å². The van der Waals surface area contributed by atoms with Gasteiger partial charge in [-0.3, -0.25) is 9.59 Å². The minimum atomic E-state index is -0.449. The van der Waals surface area contributed by atoms with Crippen LogP contribution in [0.3, 0.4) is 0 Å². The summed E-state index contributed by atoms with van der Waals surface area (Å²) in [6, 6.07) is 11.5. The molecule has 0 aliphatic carbocycles. The highest BCUT2D eigenvalue weighted by Crippen LogP contribution is 2.40. The molecule has 1 unspecified atom stereocenters. The first kappa shape index (κ1) is 19.9. The van der Waals surface area contributed by atoms with Gasteiger partial charge in [0.25, 0.3) is 11.1 Å². The van der Waals surface area contributed by atoms with Gasteiger partial charge in [0.1, 0.15) is 11.1 Å². The van der Waals surface area contributed by atoms with Gasteiger partial charge in [-0.05, 0) is 55.8 Å². The van der Waals surface area contributed by atoms with Crippen molar-refractivity contribution in [1.82, 2.24) is 14.9 Å². The zero-order chi connectivity index (χ0) is 21.6. The number of phenols is 1. The maximum absolute atomic E-state index is 12.6. The Kier molecular flexibility index (Phi) is 4.95. The second-order valence-corrected chi connectivity index (χ2v) is 8.17. The highest BCUT2D eigenvalue weighted by Gasteiger charge is 2.18. The van der Waals surface area contributed by atoms with E-state index >= 15 is 0 Å². The molecule has 0 spiro atoms. The van der Waals surface area contributed by atoms with Crippen molar-refractivity contribution >= 4 is 21.7 Å². The molecule has 1 atom stereocenters. The van der Waals surface area contributed by atoms with Crippen molar-refractivity contribution in [3.05, 3.63) is 74.4 Å². The Hall–Kier alpha value is -3.38. The fourth-order valence-corrected chi connectivity index (χ4v) is 4.24. The second kappa shape index (κ2) is 7.46. The molecule has 0 amide bonds. The topological polar surface area (TPSA) is 89.2 Å². The van der Waals surface area contributed by atoms with Crippen molar-refractivity contribution in [1.29, 1.82) is 0 Å². The van der Waals surface area contributed by atoms with Crippen LogP contribution in [0.15, 0.2) is 52.2 Å². The van der Waals surface area contributed by atoms with Crippen molar-refractivity contribution in [2.24, 2.45) is 0 Å². The van der Waals surface area contributed by atoms with E-state index in [2.05, 4.69) is 48.0 Å². The first-order chi connectivity index (χ1) is 14.3. The van der Waals surface area contributed by atoms with Crippen molar-refractivity contribution in [3.8, 4) is 16.9 Å². The number of H-pyrrole nitrogens is 2. The van der Waals surface area contributed by atoms with Gasteiger partial charge >= 0.3 is 0 Å². The van der Waals surface area contributed by atoms with Crippen LogP contribution in [0.25, 0.3) is 32.8 Å². The lowest BCUT2D eigenvalue weighted by molar-refractivity contribution is 0.383. The van der Waals surface area contributed by atoms with Gasteiger partial charge in [-0.1, -0.05) is 31.2 Å². The molecular formula is C24H25N3O3. The van der Waals surface area contributed by atoms with E-state index in [1.54, 1.807) is 12.1 Å². The molecule has 2 heterocycles. The summed E-state index contributed by atoms with van der Waals surface area (Å²) >= 11 is 0. The van der Waals surface area contributed by atoms with Crippen LogP contribution in [0.1, 0.15) is 24.0 Å². The largest absolute Gasteiger partial charge is 0.507 e. The molecule has 4 aromatic rings. The number of aromatic hydroxyl groups is 1. The van der Waals surface area contributed by atoms with Crippen LogP contribution < -0.4 is 11.1 Å². The van der Waals surface area contributed by atoms with E-state index in [1.165, 1.54) is 11.8 Å². The number of rotatable bonds is 4. The van der Waals surface area contributed by atoms with Gasteiger partial charge in [-0.25, -0.2) is 0 Å². The molecule has 2 aromatic carbocycles. The molecule has 154 valence electrons. The Bertz CT molecular complexity index is 1370. The number of phenolic OH excluding ortho intramolecular Hbond substituents is 1. The van der Waals surface area contributed by atoms with Crippen LogP contribution >= 0.6 is 0 Å². The number of hydrogen-bond donors (Lipinski definition) is 3. The lowest BCUT2D eigenvalue weighted by atomic mass is 9.92. The van der Waals surface area contributed by atoms with E-state index < -0.39 is 11.1 Å². The molecule has 0 saturated carbocycles. The maximum atomic E-state index is 12.6. The minimum Gasteiger partial charge on any atom is -0.507 e. The Morgan fingerprint density at radius 1 is 1.03 bits per heavy atom. The third-order valence-electron chi connectivity index (χ3n) is 5.61. The van der Waals surface area contributed by atoms with Gasteiger partial charge in [-0.15, -0.1) is 0 Å². The number of aromatic nitrogens is 2. The third kappa shape index (κ3) is 3.29. The van der Waals surface area contributed by atoms with Gasteiger partial charge in [0, 0.05) is 29.1 Å². The van der Waals surface area contributed by atoms with Crippen LogP contribution in [0, 0.1) is 6.92 Å². The lowest BCUT2D eigenvalue weighted by Gasteiger charge is -2.18. The summed E-state index contributed by atoms with van der Waals surface area (Å²) in [5, 5.41) is 12.1. The average Bonchev–Trinajstić information content (AvgIpc) is 2.69. The average molecular weight is 403 g/mol. The highest BCUT2D eigenvalue weighted by molar-refractivity contribution is 6.14. The normalized spacial score (nSPS) is 12.7. The first-order valence-electron chi connectivity index (χ1n) is 9.93. The summed E-state index contributed by atoms with van der Waals surface area (Å²) in [7, 11) is 4.10. The van der Waals surface area contributed by atoms with Gasteiger partial charge in [0.05, 0.1) is 5.52 Å². The van der Waals surface area contributed by atoms with E-state index in [0.29, 0.717) is 27.8 Å². The van der Waals surface area contributed by atoms with Crippen LogP contribution in [-0.2, 0) is 0 Å². The number of benzene rings is 2. The molecule has 0 fully saturated rings. The minimum absolute atomic E-state index is 0.0625. The molecule has 4 rings (SSSR count). The van der Waals surface area contributed by atoms with Crippen molar-refractivity contribution in [2.45, 2.75) is 19.8 Å². The van der Waals surface area contributed by atoms with Crippen LogP contribution in [0.4, 0.5) is 0 Å². The molecule has 30 heavy (non-hydrogen) atoms. The van der Waals surface area contributed by atoms with Crippen LogP contribution in [-0.4, -0.2) is 40.6 Å². The molecule has 3 N–H and O–H groups in total. The van der Waals surface area contributed by atoms with Crippen LogP contribution in [0.2, 0.25) is 0 Å². The Labute approximate surface area is 173 Å². The number of aryl methyl sites for hydroxylation is 1. The number of aromatic amines is 2. The van der Waals surface area contributed by atoms with Gasteiger partial charge in [0.15, 0.2) is 0 Å². The SMILES string of the molecule is Cc1cc(O)c(-c2ccc(C(C)CN(C)C)cc2)c2c1[nH]c(=O)c1c(=O)[nH]ccc12. The molecule has 6 nitrogen and oxygen atoms in total. The summed E-state index contributed by atoms with van der Waals surface area (Å²) < 4.78 is 0.